The van der Waals surface area contributed by atoms with Crippen LogP contribution >= 0.6 is 0 Å². The Balaban J connectivity index is 1.76. The van der Waals surface area contributed by atoms with Crippen LogP contribution in [0.25, 0.3) is 0 Å². The number of hydrogen-bond acceptors (Lipinski definition) is 5. The number of carbonyl (C=O) groups is 2. The average Bonchev–Trinajstić information content (AvgIpc) is 2.84. The molecule has 0 aromatic heterocycles. The summed E-state index contributed by atoms with van der Waals surface area (Å²) in [7, 11) is 0. The SMILES string of the molecule is Cc1cccc(C)c1N1C(=O)C[C@@H](N2CCN(CCO)CC2)C1=O. The summed E-state index contributed by atoms with van der Waals surface area (Å²) in [5.74, 6) is -0.215. The van der Waals surface area contributed by atoms with E-state index >= 15 is 0 Å². The standard InChI is InChI=1S/C18H25N3O3/c1-13-4-3-5-14(2)17(13)21-16(23)12-15(18(21)24)20-8-6-19(7-9-20)10-11-22/h3-5,15,22H,6-12H2,1-2H3/t15-/m1/s1. The molecule has 2 heterocycles. The van der Waals surface area contributed by atoms with E-state index in [0.29, 0.717) is 6.54 Å². The topological polar surface area (TPSA) is 64.1 Å². The Labute approximate surface area is 142 Å². The first-order valence-electron chi connectivity index (χ1n) is 8.53. The van der Waals surface area contributed by atoms with Gasteiger partial charge in [-0.3, -0.25) is 19.4 Å². The van der Waals surface area contributed by atoms with E-state index in [4.69, 9.17) is 5.11 Å². The number of β-amino-alcohol motifs (C(OH)–C–C–N with tert-alkyl or cyclic N) is 1. The zero-order chi connectivity index (χ0) is 17.3. The van der Waals surface area contributed by atoms with Crippen LogP contribution in [-0.2, 0) is 9.59 Å². The van der Waals surface area contributed by atoms with Crippen molar-refractivity contribution in [2.75, 3.05) is 44.2 Å². The van der Waals surface area contributed by atoms with Crippen molar-refractivity contribution in [1.82, 2.24) is 9.80 Å². The van der Waals surface area contributed by atoms with Crippen LogP contribution in [0.2, 0.25) is 0 Å². The third kappa shape index (κ3) is 3.09. The molecule has 3 rings (SSSR count). The summed E-state index contributed by atoms with van der Waals surface area (Å²) in [6.07, 6.45) is 0.257. The van der Waals surface area contributed by atoms with Gasteiger partial charge in [-0.15, -0.1) is 0 Å². The lowest BCUT2D eigenvalue weighted by Crippen LogP contribution is -2.53. The van der Waals surface area contributed by atoms with E-state index in [-0.39, 0.29) is 30.9 Å². The van der Waals surface area contributed by atoms with Gasteiger partial charge in [0.1, 0.15) is 0 Å². The molecule has 0 aliphatic carbocycles. The molecule has 2 saturated heterocycles. The zero-order valence-corrected chi connectivity index (χ0v) is 14.4. The molecule has 0 spiro atoms. The minimum absolute atomic E-state index is 0.104. The number of benzene rings is 1. The predicted octanol–water partition coefficient (Wildman–Crippen LogP) is 0.545. The summed E-state index contributed by atoms with van der Waals surface area (Å²) in [6.45, 7) is 7.84. The summed E-state index contributed by atoms with van der Waals surface area (Å²) in [6, 6.07) is 5.46. The van der Waals surface area contributed by atoms with Gasteiger partial charge in [-0.05, 0) is 25.0 Å². The minimum atomic E-state index is -0.354. The number of anilines is 1. The van der Waals surface area contributed by atoms with Gasteiger partial charge in [0.05, 0.1) is 24.8 Å². The number of nitrogens with zero attached hydrogens (tertiary/aromatic N) is 3. The van der Waals surface area contributed by atoms with Gasteiger partial charge in [-0.25, -0.2) is 4.90 Å². The second kappa shape index (κ2) is 7.01. The molecule has 6 nitrogen and oxygen atoms in total. The quantitative estimate of drug-likeness (QED) is 0.816. The molecule has 2 aliphatic heterocycles. The molecule has 0 bridgehead atoms. The Hall–Kier alpha value is -1.76. The smallest absolute Gasteiger partial charge is 0.251 e. The highest BCUT2D eigenvalue weighted by atomic mass is 16.3. The van der Waals surface area contributed by atoms with Crippen molar-refractivity contribution in [2.45, 2.75) is 26.3 Å². The summed E-state index contributed by atoms with van der Waals surface area (Å²) < 4.78 is 0. The first-order chi connectivity index (χ1) is 11.5. The summed E-state index contributed by atoms with van der Waals surface area (Å²) in [4.78, 5) is 31.2. The Morgan fingerprint density at radius 2 is 1.71 bits per heavy atom. The second-order valence-electron chi connectivity index (χ2n) is 6.63. The molecule has 2 aliphatic rings. The van der Waals surface area contributed by atoms with Gasteiger partial charge >= 0.3 is 0 Å². The number of carbonyl (C=O) groups excluding carboxylic acids is 2. The predicted molar refractivity (Wildman–Crippen MR) is 91.9 cm³/mol. The molecular formula is C18H25N3O3. The van der Waals surface area contributed by atoms with Crippen molar-refractivity contribution in [3.63, 3.8) is 0 Å². The number of piperazine rings is 1. The van der Waals surface area contributed by atoms with E-state index in [1.807, 2.05) is 32.0 Å². The fourth-order valence-electron chi connectivity index (χ4n) is 3.73. The van der Waals surface area contributed by atoms with Crippen molar-refractivity contribution >= 4 is 17.5 Å². The number of rotatable bonds is 4. The van der Waals surface area contributed by atoms with Crippen molar-refractivity contribution < 1.29 is 14.7 Å². The molecule has 0 saturated carbocycles. The van der Waals surface area contributed by atoms with Crippen LogP contribution in [0.5, 0.6) is 0 Å². The monoisotopic (exact) mass is 331 g/mol. The third-order valence-electron chi connectivity index (χ3n) is 5.05. The van der Waals surface area contributed by atoms with Gasteiger partial charge in [-0.2, -0.15) is 0 Å². The molecule has 6 heteroatoms. The maximum Gasteiger partial charge on any atom is 0.251 e. The number of hydrogen-bond donors (Lipinski definition) is 1. The van der Waals surface area contributed by atoms with Crippen LogP contribution in [0.3, 0.4) is 0 Å². The Morgan fingerprint density at radius 3 is 2.29 bits per heavy atom. The van der Waals surface area contributed by atoms with E-state index in [1.54, 1.807) is 0 Å². The van der Waals surface area contributed by atoms with E-state index in [0.717, 1.165) is 43.0 Å². The van der Waals surface area contributed by atoms with E-state index in [2.05, 4.69) is 9.80 Å². The maximum atomic E-state index is 12.9. The Morgan fingerprint density at radius 1 is 1.08 bits per heavy atom. The highest BCUT2D eigenvalue weighted by Crippen LogP contribution is 2.31. The molecule has 24 heavy (non-hydrogen) atoms. The molecular weight excluding hydrogens is 306 g/mol. The van der Waals surface area contributed by atoms with Crippen LogP contribution in [0.1, 0.15) is 17.5 Å². The number of aryl methyl sites for hydroxylation is 2. The van der Waals surface area contributed by atoms with Crippen molar-refractivity contribution in [2.24, 2.45) is 0 Å². The first kappa shape index (κ1) is 17.1. The van der Waals surface area contributed by atoms with Crippen LogP contribution in [0, 0.1) is 13.8 Å². The lowest BCUT2D eigenvalue weighted by atomic mass is 10.1. The number of imide groups is 1. The summed E-state index contributed by atoms with van der Waals surface area (Å²) in [5, 5.41) is 9.02. The maximum absolute atomic E-state index is 12.9. The van der Waals surface area contributed by atoms with Crippen LogP contribution in [0.15, 0.2) is 18.2 Å². The van der Waals surface area contributed by atoms with Gasteiger partial charge in [-0.1, -0.05) is 18.2 Å². The average molecular weight is 331 g/mol. The summed E-state index contributed by atoms with van der Waals surface area (Å²) in [5.41, 5.74) is 2.64. The lowest BCUT2D eigenvalue weighted by Gasteiger charge is -2.36. The third-order valence-corrected chi connectivity index (χ3v) is 5.05. The highest BCUT2D eigenvalue weighted by molar-refractivity contribution is 6.23. The van der Waals surface area contributed by atoms with Crippen molar-refractivity contribution in [3.8, 4) is 0 Å². The van der Waals surface area contributed by atoms with E-state index in [9.17, 15) is 9.59 Å². The zero-order valence-electron chi connectivity index (χ0n) is 14.4. The Kier molecular flexibility index (Phi) is 4.99. The van der Waals surface area contributed by atoms with Crippen molar-refractivity contribution in [1.29, 1.82) is 0 Å². The number of amides is 2. The molecule has 1 aromatic rings. The molecule has 2 fully saturated rings. The molecule has 1 atom stereocenters. The summed E-state index contributed by atoms with van der Waals surface area (Å²) >= 11 is 0. The molecule has 1 aromatic carbocycles. The van der Waals surface area contributed by atoms with Crippen molar-refractivity contribution in [3.05, 3.63) is 29.3 Å². The lowest BCUT2D eigenvalue weighted by molar-refractivity contribution is -0.123. The normalized spacial score (nSPS) is 23.3. The van der Waals surface area contributed by atoms with Crippen LogP contribution in [-0.4, -0.2) is 72.1 Å². The number of para-hydroxylation sites is 1. The van der Waals surface area contributed by atoms with Gasteiger partial charge in [0.25, 0.3) is 5.91 Å². The fraction of sp³-hybridized carbons (Fsp3) is 0.556. The molecule has 0 radical (unpaired) electrons. The number of aliphatic hydroxyl groups is 1. The largest absolute Gasteiger partial charge is 0.395 e. The number of aliphatic hydroxyl groups excluding tert-OH is 1. The van der Waals surface area contributed by atoms with Crippen LogP contribution in [0.4, 0.5) is 5.69 Å². The van der Waals surface area contributed by atoms with Gasteiger partial charge in [0, 0.05) is 32.7 Å². The Bertz CT molecular complexity index is 618. The molecule has 2 amide bonds. The van der Waals surface area contributed by atoms with Gasteiger partial charge < -0.3 is 5.11 Å². The second-order valence-corrected chi connectivity index (χ2v) is 6.63. The van der Waals surface area contributed by atoms with Gasteiger partial charge in [0.2, 0.25) is 5.91 Å². The van der Waals surface area contributed by atoms with E-state index in [1.165, 1.54) is 4.90 Å². The molecule has 130 valence electrons. The van der Waals surface area contributed by atoms with Crippen LogP contribution < -0.4 is 4.90 Å². The highest BCUT2D eigenvalue weighted by Gasteiger charge is 2.44. The van der Waals surface area contributed by atoms with E-state index < -0.39 is 0 Å². The fourth-order valence-corrected chi connectivity index (χ4v) is 3.73. The van der Waals surface area contributed by atoms with Gasteiger partial charge in [0.15, 0.2) is 0 Å². The minimum Gasteiger partial charge on any atom is -0.395 e. The first-order valence-corrected chi connectivity index (χ1v) is 8.53. The molecule has 0 unspecified atom stereocenters. The molecule has 1 N–H and O–H groups in total.